The van der Waals surface area contributed by atoms with Crippen LogP contribution in [-0.2, 0) is 0 Å². The Hall–Kier alpha value is 0.310. The number of hydrogen-bond acceptors (Lipinski definition) is 2. The molecule has 4 unspecified atom stereocenters. The fourth-order valence-corrected chi connectivity index (χ4v) is 4.19. The lowest BCUT2D eigenvalue weighted by atomic mass is 10.0. The first-order valence-corrected chi connectivity index (χ1v) is 7.60. The molecule has 0 aromatic rings. The van der Waals surface area contributed by atoms with Crippen molar-refractivity contribution in [2.24, 2.45) is 0 Å². The molecule has 0 spiro atoms. The summed E-state index contributed by atoms with van der Waals surface area (Å²) < 4.78 is 0. The third-order valence-corrected chi connectivity index (χ3v) is 5.53. The SMILES string of the molecule is CCC1CC(CC)SC(CC)C(CC)N1. The molecule has 1 heterocycles. The van der Waals surface area contributed by atoms with Crippen molar-refractivity contribution in [1.82, 2.24) is 5.32 Å². The maximum Gasteiger partial charge on any atom is 0.0201 e. The summed E-state index contributed by atoms with van der Waals surface area (Å²) in [4.78, 5) is 0. The average Bonchev–Trinajstić information content (AvgIpc) is 2.46. The molecule has 1 saturated heterocycles. The van der Waals surface area contributed by atoms with Gasteiger partial charge in [0, 0.05) is 22.6 Å². The van der Waals surface area contributed by atoms with Crippen molar-refractivity contribution in [1.29, 1.82) is 0 Å². The quantitative estimate of drug-likeness (QED) is 0.786. The normalized spacial score (nSPS) is 37.6. The average molecular weight is 229 g/mol. The van der Waals surface area contributed by atoms with Crippen LogP contribution in [0.5, 0.6) is 0 Å². The molecular formula is C13H27NS. The molecule has 1 fully saturated rings. The van der Waals surface area contributed by atoms with Crippen LogP contribution in [0.1, 0.15) is 59.8 Å². The zero-order valence-electron chi connectivity index (χ0n) is 10.8. The van der Waals surface area contributed by atoms with Gasteiger partial charge in [0.05, 0.1) is 0 Å². The Kier molecular flexibility index (Phi) is 6.06. The topological polar surface area (TPSA) is 12.0 Å². The molecule has 0 bridgehead atoms. The molecule has 0 amide bonds. The highest BCUT2D eigenvalue weighted by molar-refractivity contribution is 8.00. The monoisotopic (exact) mass is 229 g/mol. The lowest BCUT2D eigenvalue weighted by Gasteiger charge is -2.25. The zero-order chi connectivity index (χ0) is 11.3. The minimum atomic E-state index is 0.737. The third kappa shape index (κ3) is 3.67. The lowest BCUT2D eigenvalue weighted by molar-refractivity contribution is 0.388. The Bertz CT molecular complexity index is 154. The highest BCUT2D eigenvalue weighted by Crippen LogP contribution is 2.33. The summed E-state index contributed by atoms with van der Waals surface area (Å²) in [6, 6.07) is 1.49. The molecule has 0 aromatic heterocycles. The summed E-state index contributed by atoms with van der Waals surface area (Å²) in [6.07, 6.45) is 6.56. The van der Waals surface area contributed by atoms with Crippen molar-refractivity contribution in [3.63, 3.8) is 0 Å². The van der Waals surface area contributed by atoms with E-state index in [0.29, 0.717) is 0 Å². The van der Waals surface area contributed by atoms with Crippen molar-refractivity contribution < 1.29 is 0 Å². The van der Waals surface area contributed by atoms with Crippen molar-refractivity contribution in [3.05, 3.63) is 0 Å². The van der Waals surface area contributed by atoms with Gasteiger partial charge in [-0.05, 0) is 32.1 Å². The highest BCUT2D eigenvalue weighted by Gasteiger charge is 2.29. The fourth-order valence-electron chi connectivity index (χ4n) is 2.50. The smallest absolute Gasteiger partial charge is 0.0201 e. The Morgan fingerprint density at radius 3 is 2.20 bits per heavy atom. The Balaban J connectivity index is 2.66. The Morgan fingerprint density at radius 1 is 1.00 bits per heavy atom. The number of hydrogen-bond donors (Lipinski definition) is 1. The van der Waals surface area contributed by atoms with E-state index >= 15 is 0 Å². The van der Waals surface area contributed by atoms with Crippen LogP contribution in [0.4, 0.5) is 0 Å². The van der Waals surface area contributed by atoms with E-state index in [0.717, 1.165) is 22.6 Å². The molecule has 1 nitrogen and oxygen atoms in total. The summed E-state index contributed by atoms with van der Waals surface area (Å²) >= 11 is 2.24. The largest absolute Gasteiger partial charge is 0.310 e. The van der Waals surface area contributed by atoms with E-state index in [9.17, 15) is 0 Å². The molecule has 0 radical (unpaired) electrons. The molecule has 4 atom stereocenters. The molecular weight excluding hydrogens is 202 g/mol. The van der Waals surface area contributed by atoms with Gasteiger partial charge in [-0.15, -0.1) is 0 Å². The second kappa shape index (κ2) is 6.80. The van der Waals surface area contributed by atoms with Gasteiger partial charge >= 0.3 is 0 Å². The summed E-state index contributed by atoms with van der Waals surface area (Å²) in [5.41, 5.74) is 0. The zero-order valence-corrected chi connectivity index (χ0v) is 11.6. The van der Waals surface area contributed by atoms with Crippen molar-refractivity contribution in [2.75, 3.05) is 0 Å². The molecule has 1 rings (SSSR count). The molecule has 1 aliphatic heterocycles. The minimum Gasteiger partial charge on any atom is -0.310 e. The Morgan fingerprint density at radius 2 is 1.73 bits per heavy atom. The van der Waals surface area contributed by atoms with E-state index in [-0.39, 0.29) is 0 Å². The summed E-state index contributed by atoms with van der Waals surface area (Å²) in [5.74, 6) is 0. The van der Waals surface area contributed by atoms with Crippen LogP contribution < -0.4 is 5.32 Å². The van der Waals surface area contributed by atoms with Crippen molar-refractivity contribution >= 4 is 11.8 Å². The predicted octanol–water partition coefficient (Wildman–Crippen LogP) is 3.83. The number of nitrogens with one attached hydrogen (secondary N) is 1. The van der Waals surface area contributed by atoms with E-state index in [1.54, 1.807) is 0 Å². The standard InChI is InChI=1S/C13H27NS/c1-5-10-9-11(6-2)15-13(8-4)12(7-3)14-10/h10-14H,5-9H2,1-4H3. The fraction of sp³-hybridized carbons (Fsp3) is 1.00. The van der Waals surface area contributed by atoms with Crippen LogP contribution in [0.2, 0.25) is 0 Å². The van der Waals surface area contributed by atoms with Gasteiger partial charge in [0.15, 0.2) is 0 Å². The first kappa shape index (κ1) is 13.4. The molecule has 15 heavy (non-hydrogen) atoms. The van der Waals surface area contributed by atoms with Gasteiger partial charge in [0.1, 0.15) is 0 Å². The predicted molar refractivity (Wildman–Crippen MR) is 71.7 cm³/mol. The highest BCUT2D eigenvalue weighted by atomic mass is 32.2. The van der Waals surface area contributed by atoms with E-state index in [4.69, 9.17) is 0 Å². The first-order chi connectivity index (χ1) is 7.24. The van der Waals surface area contributed by atoms with E-state index in [2.05, 4.69) is 44.8 Å². The maximum atomic E-state index is 3.86. The molecule has 0 aromatic carbocycles. The van der Waals surface area contributed by atoms with E-state index in [1.165, 1.54) is 32.1 Å². The molecule has 2 heteroatoms. The van der Waals surface area contributed by atoms with E-state index in [1.807, 2.05) is 0 Å². The van der Waals surface area contributed by atoms with Gasteiger partial charge < -0.3 is 5.32 Å². The number of thioether (sulfide) groups is 1. The maximum absolute atomic E-state index is 3.86. The Labute approximate surface area is 99.8 Å². The molecule has 1 aliphatic rings. The first-order valence-electron chi connectivity index (χ1n) is 6.66. The minimum absolute atomic E-state index is 0.737. The lowest BCUT2D eigenvalue weighted by Crippen LogP contribution is -2.41. The second-order valence-corrected chi connectivity index (χ2v) is 6.18. The van der Waals surface area contributed by atoms with E-state index < -0.39 is 0 Å². The van der Waals surface area contributed by atoms with Crippen molar-refractivity contribution in [2.45, 2.75) is 82.4 Å². The molecule has 0 aliphatic carbocycles. The van der Waals surface area contributed by atoms with Gasteiger partial charge in [-0.3, -0.25) is 0 Å². The van der Waals surface area contributed by atoms with Crippen LogP contribution in [-0.4, -0.2) is 22.6 Å². The van der Waals surface area contributed by atoms with Crippen LogP contribution in [0, 0.1) is 0 Å². The van der Waals surface area contributed by atoms with Crippen LogP contribution in [0.3, 0.4) is 0 Å². The third-order valence-electron chi connectivity index (χ3n) is 3.60. The van der Waals surface area contributed by atoms with Gasteiger partial charge in [-0.25, -0.2) is 0 Å². The van der Waals surface area contributed by atoms with Crippen LogP contribution in [0.15, 0.2) is 0 Å². The molecule has 1 N–H and O–H groups in total. The van der Waals surface area contributed by atoms with Gasteiger partial charge in [0.2, 0.25) is 0 Å². The van der Waals surface area contributed by atoms with Gasteiger partial charge in [-0.1, -0.05) is 27.7 Å². The summed E-state index contributed by atoms with van der Waals surface area (Å²) in [7, 11) is 0. The van der Waals surface area contributed by atoms with Gasteiger partial charge in [-0.2, -0.15) is 11.8 Å². The second-order valence-electron chi connectivity index (χ2n) is 4.64. The summed E-state index contributed by atoms with van der Waals surface area (Å²) in [6.45, 7) is 9.30. The molecule has 90 valence electrons. The summed E-state index contributed by atoms with van der Waals surface area (Å²) in [5, 5.41) is 5.57. The van der Waals surface area contributed by atoms with Gasteiger partial charge in [0.25, 0.3) is 0 Å². The number of rotatable bonds is 4. The molecule has 0 saturated carbocycles. The van der Waals surface area contributed by atoms with Crippen LogP contribution in [0.25, 0.3) is 0 Å². The van der Waals surface area contributed by atoms with Crippen molar-refractivity contribution in [3.8, 4) is 0 Å². The van der Waals surface area contributed by atoms with Crippen LogP contribution >= 0.6 is 11.8 Å².